The molecule has 0 aliphatic carbocycles. The zero-order valence-electron chi connectivity index (χ0n) is 13.6. The zero-order valence-corrected chi connectivity index (χ0v) is 14.4. The lowest BCUT2D eigenvalue weighted by atomic mass is 10.1. The number of carbonyl (C=O) groups is 1. The second-order valence-corrected chi connectivity index (χ2v) is 7.95. The van der Waals surface area contributed by atoms with E-state index in [9.17, 15) is 13.2 Å². The van der Waals surface area contributed by atoms with Gasteiger partial charge in [0.1, 0.15) is 0 Å². The molecular formula is C16H23N3O4S. The number of likely N-dealkylation sites (tertiary alicyclic amines) is 1. The summed E-state index contributed by atoms with van der Waals surface area (Å²) in [6.07, 6.45) is 0.387. The van der Waals surface area contributed by atoms with Crippen LogP contribution in [0.4, 0.5) is 0 Å². The van der Waals surface area contributed by atoms with Crippen LogP contribution in [0.2, 0.25) is 0 Å². The number of rotatable bonds is 6. The molecule has 24 heavy (non-hydrogen) atoms. The highest BCUT2D eigenvalue weighted by molar-refractivity contribution is 7.87. The Morgan fingerprint density at radius 3 is 2.58 bits per heavy atom. The zero-order chi connectivity index (χ0) is 17.0. The Kier molecular flexibility index (Phi) is 5.50. The van der Waals surface area contributed by atoms with Gasteiger partial charge in [-0.3, -0.25) is 4.79 Å². The van der Waals surface area contributed by atoms with Crippen molar-refractivity contribution in [3.8, 4) is 0 Å². The average Bonchev–Trinajstić information content (AvgIpc) is 2.95. The fourth-order valence-corrected chi connectivity index (χ4v) is 4.31. The highest BCUT2D eigenvalue weighted by Crippen LogP contribution is 2.20. The molecule has 0 spiro atoms. The number of morpholine rings is 1. The molecule has 1 amide bonds. The van der Waals surface area contributed by atoms with Gasteiger partial charge in [-0.15, -0.1) is 0 Å². The molecule has 132 valence electrons. The number of nitrogens with zero attached hydrogens (tertiary/aromatic N) is 2. The summed E-state index contributed by atoms with van der Waals surface area (Å²) in [5.41, 5.74) is 1.08. The van der Waals surface area contributed by atoms with Crippen molar-refractivity contribution in [2.24, 2.45) is 5.92 Å². The molecule has 1 N–H and O–H groups in total. The van der Waals surface area contributed by atoms with Crippen molar-refractivity contribution in [2.45, 2.75) is 13.0 Å². The third-order valence-electron chi connectivity index (χ3n) is 4.38. The second kappa shape index (κ2) is 7.60. The third kappa shape index (κ3) is 4.32. The van der Waals surface area contributed by atoms with E-state index < -0.39 is 10.2 Å². The number of ether oxygens (including phenoxy) is 1. The quantitative estimate of drug-likeness (QED) is 0.793. The van der Waals surface area contributed by atoms with E-state index in [0.717, 1.165) is 5.56 Å². The first kappa shape index (κ1) is 17.3. The van der Waals surface area contributed by atoms with Crippen molar-refractivity contribution in [3.63, 3.8) is 0 Å². The fourth-order valence-electron chi connectivity index (χ4n) is 3.05. The monoisotopic (exact) mass is 353 g/mol. The summed E-state index contributed by atoms with van der Waals surface area (Å²) >= 11 is 0. The number of hydrogen-bond donors (Lipinski definition) is 1. The summed E-state index contributed by atoms with van der Waals surface area (Å²) in [5.74, 6) is 0.0893. The second-order valence-electron chi connectivity index (χ2n) is 6.19. The molecule has 2 heterocycles. The van der Waals surface area contributed by atoms with Crippen molar-refractivity contribution in [1.82, 2.24) is 13.9 Å². The van der Waals surface area contributed by atoms with E-state index in [0.29, 0.717) is 45.8 Å². The van der Waals surface area contributed by atoms with E-state index in [1.165, 1.54) is 4.31 Å². The van der Waals surface area contributed by atoms with Crippen molar-refractivity contribution < 1.29 is 17.9 Å². The lowest BCUT2D eigenvalue weighted by molar-refractivity contribution is -0.128. The van der Waals surface area contributed by atoms with Gasteiger partial charge in [-0.05, 0) is 11.5 Å². The maximum Gasteiger partial charge on any atom is 0.279 e. The third-order valence-corrected chi connectivity index (χ3v) is 5.95. The SMILES string of the molecule is O=C1CC(CNS(=O)(=O)N2CCOCC2)CN1Cc1ccccc1. The minimum Gasteiger partial charge on any atom is -0.379 e. The Morgan fingerprint density at radius 2 is 1.88 bits per heavy atom. The Balaban J connectivity index is 1.51. The standard InChI is InChI=1S/C16H23N3O4S/c20-16-10-15(13-18(16)12-14-4-2-1-3-5-14)11-17-24(21,22)19-6-8-23-9-7-19/h1-5,15,17H,6-13H2. The first-order valence-corrected chi connectivity index (χ1v) is 9.63. The van der Waals surface area contributed by atoms with Crippen LogP contribution in [0.15, 0.2) is 30.3 Å². The summed E-state index contributed by atoms with van der Waals surface area (Å²) in [4.78, 5) is 13.9. The van der Waals surface area contributed by atoms with Gasteiger partial charge in [-0.25, -0.2) is 4.72 Å². The van der Waals surface area contributed by atoms with Gasteiger partial charge in [0.25, 0.3) is 10.2 Å². The van der Waals surface area contributed by atoms with Crippen LogP contribution < -0.4 is 4.72 Å². The van der Waals surface area contributed by atoms with Crippen molar-refractivity contribution in [2.75, 3.05) is 39.4 Å². The molecule has 0 aromatic heterocycles. The normalized spacial score (nSPS) is 22.9. The van der Waals surface area contributed by atoms with Gasteiger partial charge in [0.2, 0.25) is 5.91 Å². The summed E-state index contributed by atoms with van der Waals surface area (Å²) in [7, 11) is -3.49. The van der Waals surface area contributed by atoms with Crippen LogP contribution >= 0.6 is 0 Å². The van der Waals surface area contributed by atoms with Crippen molar-refractivity contribution in [3.05, 3.63) is 35.9 Å². The van der Waals surface area contributed by atoms with Gasteiger partial charge in [0.05, 0.1) is 13.2 Å². The van der Waals surface area contributed by atoms with E-state index in [1.807, 2.05) is 30.3 Å². The summed E-state index contributed by atoms with van der Waals surface area (Å²) in [6.45, 7) is 3.04. The first-order chi connectivity index (χ1) is 11.5. The lowest BCUT2D eigenvalue weighted by Gasteiger charge is -2.26. The van der Waals surface area contributed by atoms with Gasteiger partial charge in [0.15, 0.2) is 0 Å². The largest absolute Gasteiger partial charge is 0.379 e. The highest BCUT2D eigenvalue weighted by atomic mass is 32.2. The molecule has 2 aliphatic rings. The van der Waals surface area contributed by atoms with Crippen LogP contribution in [-0.2, 0) is 26.3 Å². The highest BCUT2D eigenvalue weighted by Gasteiger charge is 2.31. The number of benzene rings is 1. The molecule has 1 aromatic rings. The Bertz CT molecular complexity index is 659. The molecule has 1 unspecified atom stereocenters. The topological polar surface area (TPSA) is 79.0 Å². The number of carbonyl (C=O) groups excluding carboxylic acids is 1. The van der Waals surface area contributed by atoms with E-state index in [2.05, 4.69) is 4.72 Å². The molecule has 1 aromatic carbocycles. The predicted octanol–water partition coefficient (Wildman–Crippen LogP) is 0.202. The molecule has 0 bridgehead atoms. The van der Waals surface area contributed by atoms with Gasteiger partial charge in [-0.1, -0.05) is 30.3 Å². The molecular weight excluding hydrogens is 330 g/mol. The molecule has 2 fully saturated rings. The first-order valence-electron chi connectivity index (χ1n) is 8.19. The van der Waals surface area contributed by atoms with Crippen molar-refractivity contribution >= 4 is 16.1 Å². The van der Waals surface area contributed by atoms with Crippen LogP contribution in [0.3, 0.4) is 0 Å². The van der Waals surface area contributed by atoms with Gasteiger partial charge in [0, 0.05) is 39.1 Å². The summed E-state index contributed by atoms with van der Waals surface area (Å²) in [6, 6.07) is 9.82. The molecule has 0 radical (unpaired) electrons. The van der Waals surface area contributed by atoms with Gasteiger partial charge < -0.3 is 9.64 Å². The molecule has 0 saturated carbocycles. The van der Waals surface area contributed by atoms with Crippen LogP contribution in [0.25, 0.3) is 0 Å². The van der Waals surface area contributed by atoms with Crippen LogP contribution in [0.1, 0.15) is 12.0 Å². The molecule has 8 heteroatoms. The summed E-state index contributed by atoms with van der Waals surface area (Å²) in [5, 5.41) is 0. The van der Waals surface area contributed by atoms with Crippen LogP contribution in [0.5, 0.6) is 0 Å². The Labute approximate surface area is 142 Å². The van der Waals surface area contributed by atoms with E-state index >= 15 is 0 Å². The smallest absolute Gasteiger partial charge is 0.279 e. The minimum absolute atomic E-state index is 0.0111. The molecule has 1 atom stereocenters. The number of hydrogen-bond acceptors (Lipinski definition) is 4. The predicted molar refractivity (Wildman–Crippen MR) is 89.3 cm³/mol. The number of amides is 1. The Hall–Kier alpha value is -1.48. The van der Waals surface area contributed by atoms with E-state index in [1.54, 1.807) is 4.90 Å². The maximum atomic E-state index is 12.3. The minimum atomic E-state index is -3.49. The number of nitrogens with one attached hydrogen (secondary N) is 1. The van der Waals surface area contributed by atoms with E-state index in [4.69, 9.17) is 4.74 Å². The molecule has 3 rings (SSSR count). The maximum absolute atomic E-state index is 12.3. The van der Waals surface area contributed by atoms with Gasteiger partial charge in [-0.2, -0.15) is 12.7 Å². The van der Waals surface area contributed by atoms with Crippen molar-refractivity contribution in [1.29, 1.82) is 0 Å². The fraction of sp³-hybridized carbons (Fsp3) is 0.562. The van der Waals surface area contributed by atoms with Crippen LogP contribution in [-0.4, -0.2) is 62.9 Å². The lowest BCUT2D eigenvalue weighted by Crippen LogP contribution is -2.47. The molecule has 7 nitrogen and oxygen atoms in total. The van der Waals surface area contributed by atoms with E-state index in [-0.39, 0.29) is 18.4 Å². The molecule has 2 saturated heterocycles. The molecule has 2 aliphatic heterocycles. The van der Waals surface area contributed by atoms with Gasteiger partial charge >= 0.3 is 0 Å². The summed E-state index contributed by atoms with van der Waals surface area (Å²) < 4.78 is 33.7. The van der Waals surface area contributed by atoms with Crippen LogP contribution in [0, 0.1) is 5.92 Å². The average molecular weight is 353 g/mol. The Morgan fingerprint density at radius 1 is 1.17 bits per heavy atom.